The van der Waals surface area contributed by atoms with Gasteiger partial charge < -0.3 is 10.6 Å². The number of anilines is 1. The van der Waals surface area contributed by atoms with Crippen LogP contribution in [0.25, 0.3) is 0 Å². The molecular weight excluding hydrogens is 235 g/mol. The number of halogens is 1. The smallest absolute Gasteiger partial charge is 0.237 e. The highest BCUT2D eigenvalue weighted by Gasteiger charge is 2.29. The Hall–Kier alpha value is -1.91. The van der Waals surface area contributed by atoms with Gasteiger partial charge in [0.15, 0.2) is 0 Å². The fourth-order valence-corrected chi connectivity index (χ4v) is 1.99. The Kier molecular flexibility index (Phi) is 3.60. The van der Waals surface area contributed by atoms with Crippen molar-refractivity contribution in [3.8, 4) is 0 Å². The van der Waals surface area contributed by atoms with Crippen LogP contribution in [0.2, 0.25) is 0 Å². The highest BCUT2D eigenvalue weighted by molar-refractivity contribution is 6.06. The van der Waals surface area contributed by atoms with Crippen molar-refractivity contribution >= 4 is 17.5 Å². The van der Waals surface area contributed by atoms with E-state index in [1.165, 1.54) is 6.07 Å². The summed E-state index contributed by atoms with van der Waals surface area (Å²) in [5.41, 5.74) is 0.583. The van der Waals surface area contributed by atoms with E-state index in [4.69, 9.17) is 0 Å². The topological polar surface area (TPSA) is 58.2 Å². The number of aryl methyl sites for hydroxylation is 1. The molecule has 5 heteroatoms. The number of benzene rings is 1. The Labute approximate surface area is 105 Å². The molecule has 1 aliphatic rings. The van der Waals surface area contributed by atoms with E-state index < -0.39 is 17.6 Å². The van der Waals surface area contributed by atoms with Crippen molar-refractivity contribution in [2.24, 2.45) is 5.92 Å². The van der Waals surface area contributed by atoms with E-state index in [-0.39, 0.29) is 11.6 Å². The molecule has 18 heavy (non-hydrogen) atoms. The summed E-state index contributed by atoms with van der Waals surface area (Å²) in [7, 11) is 0. The summed E-state index contributed by atoms with van der Waals surface area (Å²) in [4.78, 5) is 23.4. The number of carbonyl (C=O) groups is 2. The summed E-state index contributed by atoms with van der Waals surface area (Å²) in [5, 5.41) is 5.11. The third-order valence-electron chi connectivity index (χ3n) is 3.05. The minimum absolute atomic E-state index is 0.123. The maximum atomic E-state index is 13.7. The maximum Gasteiger partial charge on any atom is 0.237 e. The zero-order chi connectivity index (χ0) is 13.1. The molecule has 4 nitrogen and oxygen atoms in total. The predicted molar refractivity (Wildman–Crippen MR) is 65.5 cm³/mol. The molecule has 0 saturated carbocycles. The van der Waals surface area contributed by atoms with Gasteiger partial charge in [-0.3, -0.25) is 9.59 Å². The van der Waals surface area contributed by atoms with Gasteiger partial charge in [-0.15, -0.1) is 0 Å². The minimum atomic E-state index is -0.723. The van der Waals surface area contributed by atoms with Crippen LogP contribution in [0.1, 0.15) is 18.4 Å². The molecule has 1 fully saturated rings. The first kappa shape index (κ1) is 12.5. The van der Waals surface area contributed by atoms with Gasteiger partial charge in [-0.1, -0.05) is 12.1 Å². The standard InChI is InChI=1S/C13H15FN2O2/c1-8-4-2-6-10(11(8)14)16-13(18)9-5-3-7-15-12(9)17/h2,4,6,9H,3,5,7H2,1H3,(H,15,17)(H,16,18)/t9-/m1/s1. The number of piperidine rings is 1. The van der Waals surface area contributed by atoms with E-state index in [1.807, 2.05) is 0 Å². The molecule has 1 atom stereocenters. The Bertz CT molecular complexity index is 488. The van der Waals surface area contributed by atoms with Crippen molar-refractivity contribution in [2.75, 3.05) is 11.9 Å². The number of hydrogen-bond donors (Lipinski definition) is 2. The summed E-state index contributed by atoms with van der Waals surface area (Å²) >= 11 is 0. The summed E-state index contributed by atoms with van der Waals surface area (Å²) in [6.07, 6.45) is 1.27. The molecule has 1 aromatic rings. The number of hydrogen-bond acceptors (Lipinski definition) is 2. The highest BCUT2D eigenvalue weighted by Crippen LogP contribution is 2.19. The quantitative estimate of drug-likeness (QED) is 0.783. The Balaban J connectivity index is 2.11. The highest BCUT2D eigenvalue weighted by atomic mass is 19.1. The average molecular weight is 250 g/mol. The van der Waals surface area contributed by atoms with Crippen molar-refractivity contribution in [1.82, 2.24) is 5.32 Å². The zero-order valence-electron chi connectivity index (χ0n) is 10.1. The molecular formula is C13H15FN2O2. The van der Waals surface area contributed by atoms with Gasteiger partial charge in [0.2, 0.25) is 11.8 Å². The van der Waals surface area contributed by atoms with Crippen LogP contribution in [0.4, 0.5) is 10.1 Å². The molecule has 0 aromatic heterocycles. The molecule has 1 aliphatic heterocycles. The van der Waals surface area contributed by atoms with Crippen LogP contribution in [-0.2, 0) is 9.59 Å². The second-order valence-electron chi connectivity index (χ2n) is 4.41. The van der Waals surface area contributed by atoms with Gasteiger partial charge >= 0.3 is 0 Å². The van der Waals surface area contributed by atoms with Crippen LogP contribution in [0.15, 0.2) is 18.2 Å². The summed E-state index contributed by atoms with van der Waals surface area (Å²) in [6, 6.07) is 4.77. The predicted octanol–water partition coefficient (Wildman–Crippen LogP) is 1.60. The lowest BCUT2D eigenvalue weighted by molar-refractivity contribution is -0.134. The molecule has 2 N–H and O–H groups in total. The van der Waals surface area contributed by atoms with Crippen molar-refractivity contribution in [3.05, 3.63) is 29.6 Å². The molecule has 96 valence electrons. The van der Waals surface area contributed by atoms with Crippen LogP contribution in [0, 0.1) is 18.7 Å². The summed E-state index contributed by atoms with van der Waals surface area (Å²) < 4.78 is 13.7. The Morgan fingerprint density at radius 3 is 3.00 bits per heavy atom. The summed E-state index contributed by atoms with van der Waals surface area (Å²) in [5.74, 6) is -1.91. The van der Waals surface area contributed by atoms with Crippen LogP contribution in [0.5, 0.6) is 0 Å². The van der Waals surface area contributed by atoms with Gasteiger partial charge in [-0.2, -0.15) is 0 Å². The van der Waals surface area contributed by atoms with Crippen LogP contribution >= 0.6 is 0 Å². The fourth-order valence-electron chi connectivity index (χ4n) is 1.99. The third kappa shape index (κ3) is 2.50. The van der Waals surface area contributed by atoms with E-state index in [0.29, 0.717) is 18.5 Å². The lowest BCUT2D eigenvalue weighted by Gasteiger charge is -2.21. The molecule has 2 amide bonds. The van der Waals surface area contributed by atoms with Crippen molar-refractivity contribution < 1.29 is 14.0 Å². The molecule has 2 rings (SSSR count). The lowest BCUT2D eigenvalue weighted by Crippen LogP contribution is -2.42. The SMILES string of the molecule is Cc1cccc(NC(=O)[C@@H]2CCCNC2=O)c1F. The zero-order valence-corrected chi connectivity index (χ0v) is 10.1. The minimum Gasteiger partial charge on any atom is -0.355 e. The number of rotatable bonds is 2. The van der Waals surface area contributed by atoms with Gasteiger partial charge in [0.1, 0.15) is 11.7 Å². The average Bonchev–Trinajstić information content (AvgIpc) is 2.35. The van der Waals surface area contributed by atoms with Crippen molar-refractivity contribution in [1.29, 1.82) is 0 Å². The number of nitrogens with one attached hydrogen (secondary N) is 2. The van der Waals surface area contributed by atoms with Crippen LogP contribution in [-0.4, -0.2) is 18.4 Å². The van der Waals surface area contributed by atoms with Crippen LogP contribution < -0.4 is 10.6 Å². The fraction of sp³-hybridized carbons (Fsp3) is 0.385. The van der Waals surface area contributed by atoms with Crippen LogP contribution in [0.3, 0.4) is 0 Å². The first-order valence-electron chi connectivity index (χ1n) is 5.93. The lowest BCUT2D eigenvalue weighted by atomic mass is 9.97. The first-order chi connectivity index (χ1) is 8.59. The van der Waals surface area contributed by atoms with Gasteiger partial charge in [0.05, 0.1) is 5.69 Å². The van der Waals surface area contributed by atoms with Crippen molar-refractivity contribution in [2.45, 2.75) is 19.8 Å². The van der Waals surface area contributed by atoms with E-state index in [9.17, 15) is 14.0 Å². The second-order valence-corrected chi connectivity index (χ2v) is 4.41. The Morgan fingerprint density at radius 2 is 2.28 bits per heavy atom. The molecule has 0 radical (unpaired) electrons. The van der Waals surface area contributed by atoms with Gasteiger partial charge in [0, 0.05) is 6.54 Å². The maximum absolute atomic E-state index is 13.7. The molecule has 0 spiro atoms. The second kappa shape index (κ2) is 5.16. The van der Waals surface area contributed by atoms with Gasteiger partial charge in [-0.05, 0) is 31.4 Å². The monoisotopic (exact) mass is 250 g/mol. The molecule has 1 saturated heterocycles. The number of carbonyl (C=O) groups excluding carboxylic acids is 2. The third-order valence-corrected chi connectivity index (χ3v) is 3.05. The molecule has 0 bridgehead atoms. The number of amides is 2. The van der Waals surface area contributed by atoms with E-state index >= 15 is 0 Å². The van der Waals surface area contributed by atoms with E-state index in [1.54, 1.807) is 19.1 Å². The van der Waals surface area contributed by atoms with Crippen molar-refractivity contribution in [3.63, 3.8) is 0 Å². The van der Waals surface area contributed by atoms with E-state index in [0.717, 1.165) is 6.42 Å². The largest absolute Gasteiger partial charge is 0.355 e. The summed E-state index contributed by atoms with van der Waals surface area (Å²) in [6.45, 7) is 2.22. The van der Waals surface area contributed by atoms with Gasteiger partial charge in [-0.25, -0.2) is 4.39 Å². The Morgan fingerprint density at radius 1 is 1.50 bits per heavy atom. The molecule has 0 unspecified atom stereocenters. The molecule has 0 aliphatic carbocycles. The van der Waals surface area contributed by atoms with E-state index in [2.05, 4.69) is 10.6 Å². The van der Waals surface area contributed by atoms with Gasteiger partial charge in [0.25, 0.3) is 0 Å². The normalized spacial score (nSPS) is 19.2. The molecule has 1 aromatic carbocycles. The molecule has 1 heterocycles. The first-order valence-corrected chi connectivity index (χ1v) is 5.93.